The van der Waals surface area contributed by atoms with Crippen LogP contribution in [0.5, 0.6) is 0 Å². The average molecular weight is 545 g/mol. The predicted octanol–water partition coefficient (Wildman–Crippen LogP) is 3.91. The van der Waals surface area contributed by atoms with Crippen molar-refractivity contribution < 1.29 is 29.0 Å². The molecule has 1 spiro atoms. The second-order valence-electron chi connectivity index (χ2n) is 10.5. The molecule has 38 heavy (non-hydrogen) atoms. The Balaban J connectivity index is 1.72. The maximum atomic E-state index is 14.4. The molecule has 3 saturated heterocycles. The number of likely N-dealkylation sites (tertiary alicyclic amines) is 1. The van der Waals surface area contributed by atoms with Crippen LogP contribution < -0.4 is 4.90 Å². The van der Waals surface area contributed by atoms with Crippen molar-refractivity contribution in [2.24, 2.45) is 11.8 Å². The second kappa shape index (κ2) is 11.6. The number of rotatable bonds is 13. The highest BCUT2D eigenvalue weighted by Gasteiger charge is 2.78. The third kappa shape index (κ3) is 4.90. The summed E-state index contributed by atoms with van der Waals surface area (Å²) in [6.45, 7) is 10.1. The highest BCUT2D eigenvalue weighted by Crippen LogP contribution is 2.63. The number of aliphatic hydroxyl groups is 1. The van der Waals surface area contributed by atoms with Crippen molar-refractivity contribution in [3.05, 3.63) is 54.6 Å². The number of carbonyl (C=O) groups excluding carboxylic acids is 3. The van der Waals surface area contributed by atoms with Gasteiger partial charge in [0.05, 0.1) is 18.1 Å². The lowest BCUT2D eigenvalue weighted by Crippen LogP contribution is -2.56. The fourth-order valence-electron chi connectivity index (χ4n) is 6.43. The Morgan fingerprint density at radius 2 is 1.95 bits per heavy atom. The monoisotopic (exact) mass is 544 g/mol. The van der Waals surface area contributed by atoms with Crippen molar-refractivity contribution >= 4 is 35.1 Å². The van der Waals surface area contributed by atoms with E-state index in [1.807, 2.05) is 6.92 Å². The Kier molecular flexibility index (Phi) is 8.65. The number of anilines is 1. The van der Waals surface area contributed by atoms with Gasteiger partial charge in [0.15, 0.2) is 0 Å². The van der Waals surface area contributed by atoms with Crippen LogP contribution in [0.15, 0.2) is 49.6 Å². The molecule has 1 aromatic rings. The summed E-state index contributed by atoms with van der Waals surface area (Å²) in [5.41, 5.74) is -1.39. The number of esters is 1. The number of amides is 2. The molecule has 206 valence electrons. The highest BCUT2D eigenvalue weighted by atomic mass is 35.5. The molecule has 1 aromatic carbocycles. The normalized spacial score (nSPS) is 29.3. The number of benzene rings is 1. The van der Waals surface area contributed by atoms with Gasteiger partial charge < -0.3 is 24.4 Å². The third-order valence-corrected chi connectivity index (χ3v) is 8.36. The number of unbranched alkanes of at least 4 members (excludes halogenated alkanes) is 2. The zero-order valence-corrected chi connectivity index (χ0v) is 22.7. The summed E-state index contributed by atoms with van der Waals surface area (Å²) < 4.78 is 12.2. The number of hydrogen-bond donors (Lipinski definition) is 1. The topological polar surface area (TPSA) is 96.4 Å². The number of fused-ring (bicyclic) bond motifs is 1. The highest BCUT2D eigenvalue weighted by molar-refractivity contribution is 6.30. The predicted molar refractivity (Wildman–Crippen MR) is 145 cm³/mol. The first-order valence-corrected chi connectivity index (χ1v) is 13.7. The lowest BCUT2D eigenvalue weighted by atomic mass is 9.66. The molecule has 0 aliphatic carbocycles. The van der Waals surface area contributed by atoms with Gasteiger partial charge in [0, 0.05) is 30.4 Å². The van der Waals surface area contributed by atoms with Crippen LogP contribution in [-0.4, -0.2) is 71.3 Å². The molecule has 3 aliphatic rings. The van der Waals surface area contributed by atoms with Crippen LogP contribution in [0.1, 0.15) is 45.4 Å². The van der Waals surface area contributed by atoms with E-state index in [0.717, 1.165) is 0 Å². The number of nitrogens with zero attached hydrogens (tertiary/aromatic N) is 2. The van der Waals surface area contributed by atoms with Crippen LogP contribution >= 0.6 is 11.6 Å². The summed E-state index contributed by atoms with van der Waals surface area (Å²) in [6.07, 6.45) is 6.78. The Bertz CT molecular complexity index is 1080. The van der Waals surface area contributed by atoms with Gasteiger partial charge in [0.25, 0.3) is 5.91 Å². The minimum Gasteiger partial charge on any atom is -0.465 e. The SMILES string of the molecule is C=CCCOC(=O)[C@H]1[C@H]2C(=O)N(CCCCCO)C(C(=O)N(CC=C)c3ccc(Cl)cc3)C23CC[C@]1(C)O3. The quantitative estimate of drug-likeness (QED) is 0.230. The van der Waals surface area contributed by atoms with Gasteiger partial charge in [0.2, 0.25) is 5.91 Å². The van der Waals surface area contributed by atoms with Crippen LogP contribution in [-0.2, 0) is 23.9 Å². The fraction of sp³-hybridized carbons (Fsp3) is 0.552. The van der Waals surface area contributed by atoms with E-state index in [0.29, 0.717) is 55.8 Å². The number of hydrogen-bond acceptors (Lipinski definition) is 6. The molecule has 3 fully saturated rings. The van der Waals surface area contributed by atoms with Crippen LogP contribution in [0.25, 0.3) is 0 Å². The molecule has 1 N–H and O–H groups in total. The standard InChI is InChI=1S/C29H37ClN2O6/c1-4-6-19-37-27(36)23-22-25(34)32(17-8-7-9-18-33)24(29(22)15-14-28(23,3)38-29)26(35)31(16-5-2)21-12-10-20(30)11-13-21/h4-5,10-13,22-24,33H,1-2,6-9,14-19H2,3H3/t22-,23+,24?,28-,29?/m0/s1. The van der Waals surface area contributed by atoms with Gasteiger partial charge in [-0.05, 0) is 69.7 Å². The largest absolute Gasteiger partial charge is 0.465 e. The van der Waals surface area contributed by atoms with Crippen LogP contribution in [0.2, 0.25) is 5.02 Å². The third-order valence-electron chi connectivity index (χ3n) is 8.10. The van der Waals surface area contributed by atoms with Gasteiger partial charge in [-0.25, -0.2) is 0 Å². The van der Waals surface area contributed by atoms with E-state index < -0.39 is 35.0 Å². The molecule has 9 heteroatoms. The van der Waals surface area contributed by atoms with Gasteiger partial charge >= 0.3 is 5.97 Å². The molecule has 2 amide bonds. The van der Waals surface area contributed by atoms with Gasteiger partial charge in [-0.15, -0.1) is 13.2 Å². The molecule has 4 rings (SSSR count). The lowest BCUT2D eigenvalue weighted by Gasteiger charge is -2.36. The van der Waals surface area contributed by atoms with E-state index in [2.05, 4.69) is 13.2 Å². The lowest BCUT2D eigenvalue weighted by molar-refractivity contribution is -0.159. The summed E-state index contributed by atoms with van der Waals surface area (Å²) >= 11 is 6.09. The first kappa shape index (κ1) is 28.3. The maximum absolute atomic E-state index is 14.4. The Morgan fingerprint density at radius 1 is 1.21 bits per heavy atom. The first-order chi connectivity index (χ1) is 18.2. The molecule has 3 heterocycles. The number of aliphatic hydroxyl groups excluding tert-OH is 1. The van der Waals surface area contributed by atoms with E-state index in [-0.39, 0.29) is 31.6 Å². The zero-order chi connectivity index (χ0) is 27.5. The van der Waals surface area contributed by atoms with Gasteiger partial charge in [0.1, 0.15) is 17.6 Å². The molecule has 2 bridgehead atoms. The summed E-state index contributed by atoms with van der Waals surface area (Å²) in [7, 11) is 0. The van der Waals surface area contributed by atoms with Crippen molar-refractivity contribution in [3.63, 3.8) is 0 Å². The average Bonchev–Trinajstić information content (AvgIpc) is 3.46. The fourth-order valence-corrected chi connectivity index (χ4v) is 6.55. The van der Waals surface area contributed by atoms with Gasteiger partial charge in [-0.1, -0.05) is 23.8 Å². The molecular weight excluding hydrogens is 508 g/mol. The van der Waals surface area contributed by atoms with Crippen molar-refractivity contribution in [2.45, 2.75) is 62.7 Å². The van der Waals surface area contributed by atoms with E-state index in [1.54, 1.807) is 46.2 Å². The molecule has 0 saturated carbocycles. The summed E-state index contributed by atoms with van der Waals surface area (Å²) in [6, 6.07) is 6.03. The minimum atomic E-state index is -1.13. The zero-order valence-electron chi connectivity index (χ0n) is 21.9. The van der Waals surface area contributed by atoms with E-state index in [4.69, 9.17) is 21.1 Å². The van der Waals surface area contributed by atoms with E-state index in [9.17, 15) is 19.5 Å². The molecule has 2 unspecified atom stereocenters. The molecule has 3 aliphatic heterocycles. The van der Waals surface area contributed by atoms with Crippen LogP contribution in [0.4, 0.5) is 5.69 Å². The number of carbonyl (C=O) groups is 3. The molecular formula is C29H37ClN2O6. The van der Waals surface area contributed by atoms with Crippen molar-refractivity contribution in [3.8, 4) is 0 Å². The minimum absolute atomic E-state index is 0.0621. The molecule has 0 aromatic heterocycles. The van der Waals surface area contributed by atoms with Crippen molar-refractivity contribution in [1.29, 1.82) is 0 Å². The van der Waals surface area contributed by atoms with Gasteiger partial charge in [-0.3, -0.25) is 14.4 Å². The summed E-state index contributed by atoms with van der Waals surface area (Å²) in [5.74, 6) is -2.61. The Labute approximate surface area is 229 Å². The van der Waals surface area contributed by atoms with Crippen molar-refractivity contribution in [1.82, 2.24) is 4.90 Å². The first-order valence-electron chi connectivity index (χ1n) is 13.3. The molecule has 5 atom stereocenters. The Morgan fingerprint density at radius 3 is 2.61 bits per heavy atom. The van der Waals surface area contributed by atoms with Gasteiger partial charge in [-0.2, -0.15) is 0 Å². The van der Waals surface area contributed by atoms with Crippen molar-refractivity contribution in [2.75, 3.05) is 31.2 Å². The Hall–Kier alpha value is -2.68. The number of ether oxygens (including phenoxy) is 2. The van der Waals surface area contributed by atoms with E-state index in [1.165, 1.54) is 0 Å². The number of halogens is 1. The van der Waals surface area contributed by atoms with Crippen LogP contribution in [0, 0.1) is 11.8 Å². The maximum Gasteiger partial charge on any atom is 0.312 e. The summed E-state index contributed by atoms with van der Waals surface area (Å²) in [5, 5.41) is 9.76. The van der Waals surface area contributed by atoms with Crippen LogP contribution in [0.3, 0.4) is 0 Å². The molecule has 0 radical (unpaired) electrons. The van der Waals surface area contributed by atoms with E-state index >= 15 is 0 Å². The molecule has 8 nitrogen and oxygen atoms in total. The summed E-state index contributed by atoms with van der Waals surface area (Å²) in [4.78, 5) is 45.0. The smallest absolute Gasteiger partial charge is 0.312 e. The second-order valence-corrected chi connectivity index (χ2v) is 10.9.